The molecule has 0 aliphatic carbocycles. The Bertz CT molecular complexity index is 836. The molecule has 0 fully saturated rings. The summed E-state index contributed by atoms with van der Waals surface area (Å²) in [5, 5.41) is 18.3. The van der Waals surface area contributed by atoms with Crippen molar-refractivity contribution in [2.45, 2.75) is 32.2 Å². The smallest absolute Gasteiger partial charge is 0.163 e. The van der Waals surface area contributed by atoms with Gasteiger partial charge in [0.1, 0.15) is 11.6 Å². The van der Waals surface area contributed by atoms with Crippen LogP contribution in [0.25, 0.3) is 11.0 Å². The fraction of sp³-hybridized carbons (Fsp3) is 0.389. The van der Waals surface area contributed by atoms with E-state index in [0.29, 0.717) is 5.82 Å². The molecule has 0 bridgehead atoms. The van der Waals surface area contributed by atoms with Crippen LogP contribution in [-0.4, -0.2) is 31.5 Å². The van der Waals surface area contributed by atoms with Gasteiger partial charge in [-0.1, -0.05) is 51.1 Å². The first-order valence-corrected chi connectivity index (χ1v) is 8.02. The van der Waals surface area contributed by atoms with E-state index in [0.717, 1.165) is 22.4 Å². The highest BCUT2D eigenvalue weighted by molar-refractivity contribution is 5.86. The largest absolute Gasteiger partial charge is 0.394 e. The average Bonchev–Trinajstić information content (AvgIpc) is 2.94. The number of nitrogens with zero attached hydrogens (tertiary/aromatic N) is 4. The number of nitrogens with one attached hydrogen (secondary N) is 1. The summed E-state index contributed by atoms with van der Waals surface area (Å²) in [5.41, 5.74) is 1.60. The number of aromatic nitrogens is 4. The lowest BCUT2D eigenvalue weighted by atomic mass is 9.95. The molecule has 24 heavy (non-hydrogen) atoms. The van der Waals surface area contributed by atoms with E-state index in [1.165, 1.54) is 0 Å². The Balaban J connectivity index is 2.07. The number of aliphatic hydroxyl groups excluding tert-OH is 1. The zero-order chi connectivity index (χ0) is 17.3. The summed E-state index contributed by atoms with van der Waals surface area (Å²) in [6, 6.07) is 9.61. The van der Waals surface area contributed by atoms with Gasteiger partial charge in [0.25, 0.3) is 0 Å². The lowest BCUT2D eigenvalue weighted by molar-refractivity contribution is 0.276. The number of benzene rings is 1. The van der Waals surface area contributed by atoms with Crippen molar-refractivity contribution in [3.63, 3.8) is 0 Å². The number of aryl methyl sites for hydroxylation is 1. The molecule has 1 aromatic carbocycles. The van der Waals surface area contributed by atoms with Crippen molar-refractivity contribution in [1.82, 2.24) is 19.7 Å². The van der Waals surface area contributed by atoms with Gasteiger partial charge in [0.05, 0.1) is 24.2 Å². The predicted molar refractivity (Wildman–Crippen MR) is 94.9 cm³/mol. The molecule has 126 valence electrons. The number of rotatable bonds is 4. The first kappa shape index (κ1) is 16.4. The van der Waals surface area contributed by atoms with Crippen molar-refractivity contribution in [2.75, 3.05) is 11.9 Å². The van der Waals surface area contributed by atoms with Crippen molar-refractivity contribution < 1.29 is 5.11 Å². The summed E-state index contributed by atoms with van der Waals surface area (Å²) in [4.78, 5) is 9.37. The molecule has 2 aromatic heterocycles. The Morgan fingerprint density at radius 1 is 1.17 bits per heavy atom. The summed E-state index contributed by atoms with van der Waals surface area (Å²) < 4.78 is 1.74. The van der Waals surface area contributed by atoms with Gasteiger partial charge < -0.3 is 10.4 Å². The van der Waals surface area contributed by atoms with Crippen molar-refractivity contribution in [2.24, 2.45) is 7.05 Å². The second-order valence-corrected chi connectivity index (χ2v) is 6.94. The molecule has 0 saturated carbocycles. The van der Waals surface area contributed by atoms with Crippen LogP contribution >= 0.6 is 0 Å². The Kier molecular flexibility index (Phi) is 4.24. The minimum absolute atomic E-state index is 0.0272. The van der Waals surface area contributed by atoms with E-state index in [-0.39, 0.29) is 18.1 Å². The number of aliphatic hydroxyl groups is 1. The van der Waals surface area contributed by atoms with Crippen LogP contribution in [0, 0.1) is 0 Å². The van der Waals surface area contributed by atoms with Crippen LogP contribution in [0.4, 0.5) is 5.82 Å². The summed E-state index contributed by atoms with van der Waals surface area (Å²) in [6.07, 6.45) is 1.75. The average molecular weight is 325 g/mol. The van der Waals surface area contributed by atoms with E-state index in [4.69, 9.17) is 4.98 Å². The minimum Gasteiger partial charge on any atom is -0.394 e. The lowest BCUT2D eigenvalue weighted by Gasteiger charge is -2.21. The van der Waals surface area contributed by atoms with E-state index in [1.807, 2.05) is 37.4 Å². The van der Waals surface area contributed by atoms with Gasteiger partial charge in [-0.15, -0.1) is 0 Å². The van der Waals surface area contributed by atoms with Crippen LogP contribution in [0.15, 0.2) is 36.5 Å². The summed E-state index contributed by atoms with van der Waals surface area (Å²) in [6.45, 7) is 6.21. The maximum atomic E-state index is 9.82. The zero-order valence-corrected chi connectivity index (χ0v) is 14.5. The molecule has 0 aliphatic rings. The third kappa shape index (κ3) is 3.10. The zero-order valence-electron chi connectivity index (χ0n) is 14.5. The number of anilines is 1. The Labute approximate surface area is 141 Å². The molecule has 2 heterocycles. The Morgan fingerprint density at radius 3 is 2.50 bits per heavy atom. The van der Waals surface area contributed by atoms with Crippen LogP contribution in [-0.2, 0) is 12.5 Å². The monoisotopic (exact) mass is 325 g/mol. The third-order valence-electron chi connectivity index (χ3n) is 3.96. The summed E-state index contributed by atoms with van der Waals surface area (Å²) in [7, 11) is 1.87. The molecule has 0 amide bonds. The molecule has 0 spiro atoms. The standard InChI is InChI=1S/C18H23N5O/c1-18(2,3)17-21-15(13-10-19-23(4)16(13)22-17)20-14(11-24)12-8-6-5-7-9-12/h5-10,14,24H,11H2,1-4H3,(H,20,21,22)/t14-/m1/s1. The second kappa shape index (κ2) is 6.20. The highest BCUT2D eigenvalue weighted by Gasteiger charge is 2.22. The Morgan fingerprint density at radius 2 is 1.88 bits per heavy atom. The van der Waals surface area contributed by atoms with Gasteiger partial charge >= 0.3 is 0 Å². The fourth-order valence-corrected chi connectivity index (χ4v) is 2.55. The van der Waals surface area contributed by atoms with Crippen molar-refractivity contribution in [3.8, 4) is 0 Å². The van der Waals surface area contributed by atoms with Crippen molar-refractivity contribution in [3.05, 3.63) is 47.9 Å². The third-order valence-corrected chi connectivity index (χ3v) is 3.96. The van der Waals surface area contributed by atoms with Gasteiger partial charge in [-0.25, -0.2) is 9.97 Å². The van der Waals surface area contributed by atoms with Crippen LogP contribution in [0.3, 0.4) is 0 Å². The van der Waals surface area contributed by atoms with E-state index in [1.54, 1.807) is 10.9 Å². The van der Waals surface area contributed by atoms with Gasteiger partial charge in [0.15, 0.2) is 5.65 Å². The summed E-state index contributed by atoms with van der Waals surface area (Å²) in [5.74, 6) is 1.44. The van der Waals surface area contributed by atoms with Crippen molar-refractivity contribution in [1.29, 1.82) is 0 Å². The molecule has 3 aromatic rings. The molecule has 6 heteroatoms. The maximum absolute atomic E-state index is 9.82. The highest BCUT2D eigenvalue weighted by atomic mass is 16.3. The van der Waals surface area contributed by atoms with Gasteiger partial charge in [0, 0.05) is 12.5 Å². The molecule has 0 aliphatic heterocycles. The van der Waals surface area contributed by atoms with E-state index in [9.17, 15) is 5.11 Å². The number of hydrogen-bond acceptors (Lipinski definition) is 5. The molecule has 3 rings (SSSR count). The SMILES string of the molecule is Cn1ncc2c(N[C@H](CO)c3ccccc3)nc(C(C)(C)C)nc21. The van der Waals surface area contributed by atoms with Gasteiger partial charge in [0.2, 0.25) is 0 Å². The first-order valence-electron chi connectivity index (χ1n) is 8.02. The quantitative estimate of drug-likeness (QED) is 0.771. The predicted octanol–water partition coefficient (Wildman–Crippen LogP) is 2.81. The normalized spacial score (nSPS) is 13.2. The summed E-state index contributed by atoms with van der Waals surface area (Å²) >= 11 is 0. The van der Waals surface area contributed by atoms with Gasteiger partial charge in [-0.05, 0) is 5.56 Å². The maximum Gasteiger partial charge on any atom is 0.163 e. The molecule has 6 nitrogen and oxygen atoms in total. The van der Waals surface area contributed by atoms with Crippen LogP contribution in [0.1, 0.15) is 38.2 Å². The molecular weight excluding hydrogens is 302 g/mol. The highest BCUT2D eigenvalue weighted by Crippen LogP contribution is 2.28. The van der Waals surface area contributed by atoms with E-state index < -0.39 is 0 Å². The van der Waals surface area contributed by atoms with Crippen molar-refractivity contribution >= 4 is 16.9 Å². The second-order valence-electron chi connectivity index (χ2n) is 6.94. The first-order chi connectivity index (χ1) is 11.4. The van der Waals surface area contributed by atoms with E-state index >= 15 is 0 Å². The molecule has 0 unspecified atom stereocenters. The molecule has 2 N–H and O–H groups in total. The molecular formula is C18H23N5O. The molecule has 1 atom stereocenters. The fourth-order valence-electron chi connectivity index (χ4n) is 2.55. The van der Waals surface area contributed by atoms with Crippen LogP contribution < -0.4 is 5.32 Å². The number of fused-ring (bicyclic) bond motifs is 1. The van der Waals surface area contributed by atoms with Crippen LogP contribution in [0.2, 0.25) is 0 Å². The van der Waals surface area contributed by atoms with E-state index in [2.05, 4.69) is 36.2 Å². The number of hydrogen-bond donors (Lipinski definition) is 2. The van der Waals surface area contributed by atoms with Gasteiger partial charge in [-0.2, -0.15) is 5.10 Å². The molecule has 0 saturated heterocycles. The topological polar surface area (TPSA) is 75.9 Å². The van der Waals surface area contributed by atoms with Gasteiger partial charge in [-0.3, -0.25) is 4.68 Å². The molecule has 0 radical (unpaired) electrons. The Hall–Kier alpha value is -2.47. The minimum atomic E-state index is -0.239. The lowest BCUT2D eigenvalue weighted by Crippen LogP contribution is -2.20. The van der Waals surface area contributed by atoms with Crippen LogP contribution in [0.5, 0.6) is 0 Å².